The van der Waals surface area contributed by atoms with Crippen molar-refractivity contribution < 1.29 is 17.9 Å². The SMILES string of the molecule is COc1ccc(Nc2nc3c(S(=O)(=O)c4ccc(C)c(C)c4)nnn3c3ccccc23)c(OC)c1. The van der Waals surface area contributed by atoms with E-state index in [1.807, 2.05) is 38.1 Å². The Balaban J connectivity index is 1.71. The number of fused-ring (bicyclic) bond motifs is 3. The smallest absolute Gasteiger partial charge is 0.229 e. The van der Waals surface area contributed by atoms with Gasteiger partial charge in [0, 0.05) is 11.5 Å². The Hall–Kier alpha value is -4.18. The maximum Gasteiger partial charge on any atom is 0.229 e. The van der Waals surface area contributed by atoms with Crippen molar-refractivity contribution >= 4 is 37.9 Å². The van der Waals surface area contributed by atoms with Gasteiger partial charge < -0.3 is 14.8 Å². The van der Waals surface area contributed by atoms with Gasteiger partial charge in [0.1, 0.15) is 17.3 Å². The first-order valence-electron chi connectivity index (χ1n) is 10.8. The third-order valence-electron chi connectivity index (χ3n) is 5.93. The Morgan fingerprint density at radius 3 is 2.46 bits per heavy atom. The summed E-state index contributed by atoms with van der Waals surface area (Å²) in [7, 11) is -0.830. The maximum atomic E-state index is 13.5. The molecule has 10 heteroatoms. The van der Waals surface area contributed by atoms with E-state index in [2.05, 4.69) is 20.6 Å². The number of hydrogen-bond donors (Lipinski definition) is 1. The lowest BCUT2D eigenvalue weighted by Gasteiger charge is -2.14. The van der Waals surface area contributed by atoms with Gasteiger partial charge in [-0.15, -0.1) is 5.10 Å². The second kappa shape index (κ2) is 8.55. The zero-order valence-electron chi connectivity index (χ0n) is 19.6. The molecule has 0 fully saturated rings. The van der Waals surface area contributed by atoms with E-state index in [-0.39, 0.29) is 15.6 Å². The summed E-state index contributed by atoms with van der Waals surface area (Å²) < 4.78 is 39.3. The Morgan fingerprint density at radius 1 is 0.914 bits per heavy atom. The Bertz CT molecular complexity index is 1700. The number of ether oxygens (including phenoxy) is 2. The summed E-state index contributed by atoms with van der Waals surface area (Å²) in [4.78, 5) is 4.81. The minimum atomic E-state index is -3.97. The number of sulfone groups is 1. The van der Waals surface area contributed by atoms with Crippen LogP contribution in [0.3, 0.4) is 0 Å². The van der Waals surface area contributed by atoms with Crippen LogP contribution in [0.15, 0.2) is 70.6 Å². The molecule has 0 aliphatic heterocycles. The molecule has 0 aliphatic rings. The average molecular weight is 490 g/mol. The van der Waals surface area contributed by atoms with E-state index >= 15 is 0 Å². The van der Waals surface area contributed by atoms with Crippen molar-refractivity contribution in [3.05, 3.63) is 71.8 Å². The zero-order valence-corrected chi connectivity index (χ0v) is 20.4. The van der Waals surface area contributed by atoms with E-state index in [9.17, 15) is 8.42 Å². The van der Waals surface area contributed by atoms with Crippen molar-refractivity contribution in [3.8, 4) is 11.5 Å². The van der Waals surface area contributed by atoms with E-state index in [4.69, 9.17) is 9.47 Å². The molecule has 3 aromatic carbocycles. The molecule has 0 saturated carbocycles. The monoisotopic (exact) mass is 489 g/mol. The van der Waals surface area contributed by atoms with Gasteiger partial charge in [0.15, 0.2) is 5.65 Å². The second-order valence-electron chi connectivity index (χ2n) is 8.05. The van der Waals surface area contributed by atoms with Crippen molar-refractivity contribution in [2.45, 2.75) is 23.8 Å². The number of aryl methyl sites for hydroxylation is 2. The number of nitrogens with zero attached hydrogens (tertiary/aromatic N) is 4. The second-order valence-corrected chi connectivity index (χ2v) is 9.91. The van der Waals surface area contributed by atoms with Crippen molar-refractivity contribution in [1.82, 2.24) is 19.8 Å². The normalized spacial score (nSPS) is 11.7. The number of hydrogen-bond acceptors (Lipinski definition) is 8. The predicted octanol–water partition coefficient (Wildman–Crippen LogP) is 4.49. The first-order valence-corrected chi connectivity index (χ1v) is 12.3. The minimum Gasteiger partial charge on any atom is -0.497 e. The van der Waals surface area contributed by atoms with Gasteiger partial charge >= 0.3 is 0 Å². The number of rotatable bonds is 6. The minimum absolute atomic E-state index is 0.122. The third kappa shape index (κ3) is 3.81. The van der Waals surface area contributed by atoms with Gasteiger partial charge in [-0.05, 0) is 61.4 Å². The molecule has 35 heavy (non-hydrogen) atoms. The van der Waals surface area contributed by atoms with E-state index < -0.39 is 9.84 Å². The third-order valence-corrected chi connectivity index (χ3v) is 7.57. The molecule has 5 rings (SSSR count). The molecular weight excluding hydrogens is 466 g/mol. The highest BCUT2D eigenvalue weighted by molar-refractivity contribution is 7.91. The molecule has 0 aliphatic carbocycles. The highest BCUT2D eigenvalue weighted by Gasteiger charge is 2.27. The van der Waals surface area contributed by atoms with Crippen molar-refractivity contribution in [2.24, 2.45) is 0 Å². The predicted molar refractivity (Wildman–Crippen MR) is 132 cm³/mol. The Labute approximate surface area is 202 Å². The van der Waals surface area contributed by atoms with Crippen LogP contribution in [0.2, 0.25) is 0 Å². The zero-order chi connectivity index (χ0) is 24.7. The van der Waals surface area contributed by atoms with Crippen LogP contribution in [0.4, 0.5) is 11.5 Å². The lowest BCUT2D eigenvalue weighted by atomic mass is 10.1. The molecule has 0 bridgehead atoms. The lowest BCUT2D eigenvalue weighted by molar-refractivity contribution is 0.395. The molecule has 0 spiro atoms. The van der Waals surface area contributed by atoms with E-state index in [0.717, 1.165) is 16.5 Å². The molecular formula is C25H23N5O4S. The molecule has 0 amide bonds. The summed E-state index contributed by atoms with van der Waals surface area (Å²) in [5.41, 5.74) is 3.29. The quantitative estimate of drug-likeness (QED) is 0.372. The number of nitrogens with one attached hydrogen (secondary N) is 1. The first kappa shape index (κ1) is 22.6. The summed E-state index contributed by atoms with van der Waals surface area (Å²) in [5, 5.41) is 12.0. The lowest BCUT2D eigenvalue weighted by Crippen LogP contribution is -2.06. The van der Waals surface area contributed by atoms with Crippen LogP contribution in [0, 0.1) is 13.8 Å². The largest absolute Gasteiger partial charge is 0.497 e. The Kier molecular flexibility index (Phi) is 5.52. The van der Waals surface area contributed by atoms with Crippen LogP contribution in [0.25, 0.3) is 16.6 Å². The number of methoxy groups -OCH3 is 2. The van der Waals surface area contributed by atoms with Gasteiger partial charge in [0.25, 0.3) is 0 Å². The summed E-state index contributed by atoms with van der Waals surface area (Å²) in [6.07, 6.45) is 0. The molecule has 2 heterocycles. The van der Waals surface area contributed by atoms with Crippen LogP contribution >= 0.6 is 0 Å². The Morgan fingerprint density at radius 2 is 1.71 bits per heavy atom. The molecule has 2 aromatic heterocycles. The highest BCUT2D eigenvalue weighted by Crippen LogP contribution is 2.34. The van der Waals surface area contributed by atoms with Crippen LogP contribution < -0.4 is 14.8 Å². The van der Waals surface area contributed by atoms with Gasteiger partial charge in [0.2, 0.25) is 14.9 Å². The maximum absolute atomic E-state index is 13.5. The molecule has 1 N–H and O–H groups in total. The fourth-order valence-corrected chi connectivity index (χ4v) is 5.16. The van der Waals surface area contributed by atoms with Crippen LogP contribution in [0.5, 0.6) is 11.5 Å². The summed E-state index contributed by atoms with van der Waals surface area (Å²) >= 11 is 0. The summed E-state index contributed by atoms with van der Waals surface area (Å²) in [6, 6.07) is 17.8. The van der Waals surface area contributed by atoms with Gasteiger partial charge in [-0.1, -0.05) is 23.4 Å². The number of benzene rings is 3. The van der Waals surface area contributed by atoms with Crippen LogP contribution in [-0.2, 0) is 9.84 Å². The molecule has 5 aromatic rings. The van der Waals surface area contributed by atoms with Crippen molar-refractivity contribution in [2.75, 3.05) is 19.5 Å². The van der Waals surface area contributed by atoms with Gasteiger partial charge in [-0.25, -0.2) is 13.4 Å². The molecule has 0 unspecified atom stereocenters. The van der Waals surface area contributed by atoms with Crippen LogP contribution in [0.1, 0.15) is 11.1 Å². The summed E-state index contributed by atoms with van der Waals surface area (Å²) in [5.74, 6) is 1.63. The topological polar surface area (TPSA) is 108 Å². The van der Waals surface area contributed by atoms with Crippen molar-refractivity contribution in [1.29, 1.82) is 0 Å². The molecule has 9 nitrogen and oxygen atoms in total. The van der Waals surface area contributed by atoms with Crippen molar-refractivity contribution in [3.63, 3.8) is 0 Å². The standard InChI is InChI=1S/C25H23N5O4S/c1-15-9-11-18(13-16(15)2)35(31,32)25-24-27-23(19-7-5-6-8-21(19)30(24)29-28-25)26-20-12-10-17(33-3)14-22(20)34-4/h5-14H,1-4H3,(H,26,27). The molecule has 0 saturated heterocycles. The number of anilines is 2. The highest BCUT2D eigenvalue weighted by atomic mass is 32.2. The molecule has 0 atom stereocenters. The molecule has 178 valence electrons. The number of aromatic nitrogens is 4. The first-order chi connectivity index (χ1) is 16.8. The van der Waals surface area contributed by atoms with E-state index in [0.29, 0.717) is 28.5 Å². The number of para-hydroxylation sites is 1. The fourth-order valence-electron chi connectivity index (χ4n) is 3.84. The van der Waals surface area contributed by atoms with Gasteiger partial charge in [-0.2, -0.15) is 4.52 Å². The average Bonchev–Trinajstić information content (AvgIpc) is 3.31. The van der Waals surface area contributed by atoms with E-state index in [1.165, 1.54) is 4.52 Å². The van der Waals surface area contributed by atoms with Crippen LogP contribution in [-0.4, -0.2) is 42.4 Å². The fraction of sp³-hybridized carbons (Fsp3) is 0.160. The van der Waals surface area contributed by atoms with Gasteiger partial charge in [-0.3, -0.25) is 0 Å². The van der Waals surface area contributed by atoms with E-state index in [1.54, 1.807) is 50.6 Å². The summed E-state index contributed by atoms with van der Waals surface area (Å²) in [6.45, 7) is 3.80. The molecule has 0 radical (unpaired) electrons. The van der Waals surface area contributed by atoms with Gasteiger partial charge in [0.05, 0.1) is 30.3 Å².